The molecule has 1 aliphatic rings. The smallest absolute Gasteiger partial charge is 0.223 e. The molecule has 1 unspecified atom stereocenters. The van der Waals surface area contributed by atoms with Gasteiger partial charge in [0.15, 0.2) is 0 Å². The average Bonchev–Trinajstić information content (AvgIpc) is 3.11. The van der Waals surface area contributed by atoms with Crippen molar-refractivity contribution in [3.05, 3.63) is 54.1 Å². The largest absolute Gasteiger partial charge is 0.342 e. The number of imidazole rings is 1. The second kappa shape index (κ2) is 9.02. The maximum atomic E-state index is 13.0. The number of benzene rings is 1. The summed E-state index contributed by atoms with van der Waals surface area (Å²) in [5.41, 5.74) is 1.08. The van der Waals surface area contributed by atoms with Crippen LogP contribution in [0, 0.1) is 11.8 Å². The summed E-state index contributed by atoms with van der Waals surface area (Å²) in [6, 6.07) is 9.94. The molecule has 1 N–H and O–H groups in total. The van der Waals surface area contributed by atoms with Crippen molar-refractivity contribution < 1.29 is 4.79 Å². The molecule has 1 heterocycles. The van der Waals surface area contributed by atoms with Gasteiger partial charge in [-0.05, 0) is 37.2 Å². The molecular weight excluding hydrogens is 322 g/mol. The Kier molecular flexibility index (Phi) is 6.48. The quantitative estimate of drug-likeness (QED) is 0.789. The van der Waals surface area contributed by atoms with E-state index in [-0.39, 0.29) is 17.9 Å². The summed E-state index contributed by atoms with van der Waals surface area (Å²) >= 11 is 0. The van der Waals surface area contributed by atoms with Crippen LogP contribution in [0.5, 0.6) is 0 Å². The minimum atomic E-state index is -0.193. The van der Waals surface area contributed by atoms with Crippen molar-refractivity contribution >= 4 is 5.91 Å². The van der Waals surface area contributed by atoms with Gasteiger partial charge in [0.1, 0.15) is 11.9 Å². The Morgan fingerprint density at radius 2 is 1.96 bits per heavy atom. The molecule has 1 aliphatic carbocycles. The summed E-state index contributed by atoms with van der Waals surface area (Å²) in [6.45, 7) is 2.25. The first-order valence-corrected chi connectivity index (χ1v) is 10.0. The minimum Gasteiger partial charge on any atom is -0.342 e. The van der Waals surface area contributed by atoms with Gasteiger partial charge in [-0.2, -0.15) is 0 Å². The van der Waals surface area contributed by atoms with Gasteiger partial charge in [0.05, 0.1) is 0 Å². The average molecular weight is 354 g/mol. The SMILES string of the molecule is CCCCC1CCC(C(=O)NC(c2ccccc2)c2nccn2C)CC1. The van der Waals surface area contributed by atoms with Crippen LogP contribution in [0.15, 0.2) is 42.7 Å². The molecule has 4 heteroatoms. The van der Waals surface area contributed by atoms with Gasteiger partial charge in [0.25, 0.3) is 0 Å². The van der Waals surface area contributed by atoms with Crippen LogP contribution in [0.3, 0.4) is 0 Å². The summed E-state index contributed by atoms with van der Waals surface area (Å²) in [6.07, 6.45) is 12.0. The lowest BCUT2D eigenvalue weighted by Gasteiger charge is -2.29. The van der Waals surface area contributed by atoms with Crippen molar-refractivity contribution in [1.29, 1.82) is 0 Å². The van der Waals surface area contributed by atoms with E-state index in [1.54, 1.807) is 6.20 Å². The molecule has 1 amide bonds. The molecule has 0 saturated heterocycles. The summed E-state index contributed by atoms with van der Waals surface area (Å²) in [4.78, 5) is 17.4. The predicted octanol–water partition coefficient (Wildman–Crippen LogP) is 4.62. The van der Waals surface area contributed by atoms with Gasteiger partial charge >= 0.3 is 0 Å². The van der Waals surface area contributed by atoms with Crippen LogP contribution in [0.2, 0.25) is 0 Å². The van der Waals surface area contributed by atoms with Crippen LogP contribution in [-0.2, 0) is 11.8 Å². The maximum absolute atomic E-state index is 13.0. The minimum absolute atomic E-state index is 0.138. The monoisotopic (exact) mass is 353 g/mol. The number of nitrogens with zero attached hydrogens (tertiary/aromatic N) is 2. The molecule has 1 saturated carbocycles. The predicted molar refractivity (Wildman–Crippen MR) is 105 cm³/mol. The van der Waals surface area contributed by atoms with Gasteiger partial charge in [0, 0.05) is 25.4 Å². The van der Waals surface area contributed by atoms with E-state index in [4.69, 9.17) is 0 Å². The van der Waals surface area contributed by atoms with Crippen molar-refractivity contribution in [3.8, 4) is 0 Å². The van der Waals surface area contributed by atoms with Crippen LogP contribution in [0.4, 0.5) is 0 Å². The number of hydrogen-bond donors (Lipinski definition) is 1. The molecular formula is C22H31N3O. The van der Waals surface area contributed by atoms with E-state index in [1.165, 1.54) is 32.1 Å². The van der Waals surface area contributed by atoms with E-state index in [9.17, 15) is 4.79 Å². The molecule has 1 fully saturated rings. The highest BCUT2D eigenvalue weighted by molar-refractivity contribution is 5.79. The van der Waals surface area contributed by atoms with E-state index in [1.807, 2.05) is 36.0 Å². The van der Waals surface area contributed by atoms with Crippen LogP contribution >= 0.6 is 0 Å². The lowest BCUT2D eigenvalue weighted by molar-refractivity contribution is -0.126. The van der Waals surface area contributed by atoms with Crippen molar-refractivity contribution in [2.75, 3.05) is 0 Å². The Labute approximate surface area is 157 Å². The summed E-state index contributed by atoms with van der Waals surface area (Å²) < 4.78 is 1.99. The number of carbonyl (C=O) groups excluding carboxylic acids is 1. The maximum Gasteiger partial charge on any atom is 0.223 e. The molecule has 0 aliphatic heterocycles. The Hall–Kier alpha value is -2.10. The molecule has 2 aromatic rings. The fraction of sp³-hybridized carbons (Fsp3) is 0.545. The normalized spacial score (nSPS) is 21.3. The molecule has 1 atom stereocenters. The highest BCUT2D eigenvalue weighted by Gasteiger charge is 2.29. The molecule has 3 rings (SSSR count). The van der Waals surface area contributed by atoms with Crippen molar-refractivity contribution in [3.63, 3.8) is 0 Å². The summed E-state index contributed by atoms with van der Waals surface area (Å²) in [7, 11) is 1.98. The van der Waals surface area contributed by atoms with E-state index in [0.29, 0.717) is 0 Å². The standard InChI is InChI=1S/C22H31N3O/c1-3-4-8-17-11-13-19(14-12-17)22(26)24-20(18-9-6-5-7-10-18)21-23-15-16-25(21)2/h5-7,9-10,15-17,19-20H,3-4,8,11-14H2,1-2H3,(H,24,26). The lowest BCUT2D eigenvalue weighted by Crippen LogP contribution is -2.37. The third kappa shape index (κ3) is 4.54. The fourth-order valence-electron chi connectivity index (χ4n) is 4.06. The van der Waals surface area contributed by atoms with Gasteiger partial charge in [0.2, 0.25) is 5.91 Å². The van der Waals surface area contributed by atoms with Crippen LogP contribution in [0.25, 0.3) is 0 Å². The topological polar surface area (TPSA) is 46.9 Å². The molecule has 0 bridgehead atoms. The van der Waals surface area contributed by atoms with Gasteiger partial charge in [-0.15, -0.1) is 0 Å². The number of carbonyl (C=O) groups is 1. The second-order valence-electron chi connectivity index (χ2n) is 7.61. The van der Waals surface area contributed by atoms with Crippen LogP contribution in [0.1, 0.15) is 69.3 Å². The van der Waals surface area contributed by atoms with Crippen LogP contribution < -0.4 is 5.32 Å². The molecule has 4 nitrogen and oxygen atoms in total. The van der Waals surface area contributed by atoms with E-state index in [2.05, 4.69) is 29.4 Å². The summed E-state index contributed by atoms with van der Waals surface area (Å²) in [5.74, 6) is 2.01. The lowest BCUT2D eigenvalue weighted by atomic mass is 9.79. The van der Waals surface area contributed by atoms with Crippen molar-refractivity contribution in [2.45, 2.75) is 57.9 Å². The Morgan fingerprint density at radius 1 is 1.23 bits per heavy atom. The fourth-order valence-corrected chi connectivity index (χ4v) is 4.06. The first-order chi connectivity index (χ1) is 12.7. The van der Waals surface area contributed by atoms with Crippen molar-refractivity contribution in [2.24, 2.45) is 18.9 Å². The summed E-state index contributed by atoms with van der Waals surface area (Å²) in [5, 5.41) is 3.28. The number of unbranched alkanes of at least 4 members (excludes halogenated alkanes) is 1. The number of hydrogen-bond acceptors (Lipinski definition) is 2. The zero-order valence-electron chi connectivity index (χ0n) is 16.0. The van der Waals surface area contributed by atoms with E-state index >= 15 is 0 Å². The molecule has 0 radical (unpaired) electrons. The molecule has 1 aromatic heterocycles. The molecule has 1 aromatic carbocycles. The number of nitrogens with one attached hydrogen (secondary N) is 1. The molecule has 0 spiro atoms. The number of aromatic nitrogens is 2. The number of amides is 1. The van der Waals surface area contributed by atoms with Crippen LogP contribution in [-0.4, -0.2) is 15.5 Å². The number of aryl methyl sites for hydroxylation is 1. The second-order valence-corrected chi connectivity index (χ2v) is 7.61. The van der Waals surface area contributed by atoms with Gasteiger partial charge < -0.3 is 9.88 Å². The zero-order chi connectivity index (χ0) is 18.4. The molecule has 140 valence electrons. The first-order valence-electron chi connectivity index (χ1n) is 10.0. The van der Waals surface area contributed by atoms with Gasteiger partial charge in [-0.3, -0.25) is 4.79 Å². The Balaban J connectivity index is 1.66. The highest BCUT2D eigenvalue weighted by Crippen LogP contribution is 2.32. The zero-order valence-corrected chi connectivity index (χ0v) is 16.0. The first kappa shape index (κ1) is 18.7. The molecule has 26 heavy (non-hydrogen) atoms. The third-order valence-electron chi connectivity index (χ3n) is 5.72. The number of rotatable bonds is 7. The Bertz CT molecular complexity index is 686. The van der Waals surface area contributed by atoms with E-state index < -0.39 is 0 Å². The highest BCUT2D eigenvalue weighted by atomic mass is 16.1. The van der Waals surface area contributed by atoms with Crippen molar-refractivity contribution in [1.82, 2.24) is 14.9 Å². The van der Waals surface area contributed by atoms with Gasteiger partial charge in [-0.25, -0.2) is 4.98 Å². The van der Waals surface area contributed by atoms with Gasteiger partial charge in [-0.1, -0.05) is 56.5 Å². The third-order valence-corrected chi connectivity index (χ3v) is 5.72. The van der Waals surface area contributed by atoms with E-state index in [0.717, 1.165) is 30.1 Å². The Morgan fingerprint density at radius 3 is 2.58 bits per heavy atom.